The van der Waals surface area contributed by atoms with Crippen LogP contribution in [0.1, 0.15) is 58.1 Å². The third kappa shape index (κ3) is 6.94. The van der Waals surface area contributed by atoms with E-state index in [0.29, 0.717) is 6.54 Å². The minimum absolute atomic E-state index is 0.0615. The Hall–Kier alpha value is -4.47. The van der Waals surface area contributed by atoms with Gasteiger partial charge in [0.1, 0.15) is 6.54 Å². The van der Waals surface area contributed by atoms with Gasteiger partial charge in [0.05, 0.1) is 11.8 Å². The monoisotopic (exact) mass is 689 g/mol. The lowest BCUT2D eigenvalue weighted by Crippen LogP contribution is -2.28. The summed E-state index contributed by atoms with van der Waals surface area (Å²) in [5.41, 5.74) is 6.74. The van der Waals surface area contributed by atoms with Crippen LogP contribution in [0.2, 0.25) is 0 Å². The molecular weight excluding hydrogens is 645 g/mol. The number of unbranched alkanes of at least 4 members (excludes halogenated alkanes) is 1. The number of hydrogen-bond acceptors (Lipinski definition) is 6. The summed E-state index contributed by atoms with van der Waals surface area (Å²) in [6.45, 7) is 10.3. The molecule has 8 heteroatoms. The van der Waals surface area contributed by atoms with Crippen LogP contribution >= 0.6 is 12.0 Å². The van der Waals surface area contributed by atoms with E-state index in [1.165, 1.54) is 44.1 Å². The maximum Gasteiger partial charge on any atom is 0.305 e. The van der Waals surface area contributed by atoms with Gasteiger partial charge in [-0.3, -0.25) is 4.79 Å². The summed E-state index contributed by atoms with van der Waals surface area (Å²) in [4.78, 5) is 13.8. The van der Waals surface area contributed by atoms with E-state index >= 15 is 0 Å². The highest BCUT2D eigenvalue weighted by atomic mass is 32.2. The SMILES string of the molecule is CC1(C)C(=CC=CC=CC=CC2=[N+](CCCCSOOO)c3ccc4ccccc4c3C2(C)C)N(CCC(=O)O)c2ccc3ccccc3c21. The Morgan fingerprint density at radius 3 is 2.20 bits per heavy atom. The van der Waals surface area contributed by atoms with E-state index in [1.807, 2.05) is 18.2 Å². The Morgan fingerprint density at radius 1 is 0.820 bits per heavy atom. The van der Waals surface area contributed by atoms with Gasteiger partial charge in [0.15, 0.2) is 5.71 Å². The van der Waals surface area contributed by atoms with Crippen molar-refractivity contribution in [1.82, 2.24) is 0 Å². The lowest BCUT2D eigenvalue weighted by atomic mass is 9.79. The van der Waals surface area contributed by atoms with Crippen LogP contribution in [0, 0.1) is 0 Å². The molecule has 0 radical (unpaired) electrons. The van der Waals surface area contributed by atoms with E-state index < -0.39 is 5.97 Å². The number of carbonyl (C=O) groups is 1. The van der Waals surface area contributed by atoms with Gasteiger partial charge in [0, 0.05) is 65.3 Å². The van der Waals surface area contributed by atoms with Crippen molar-refractivity contribution in [3.05, 3.63) is 132 Å². The molecule has 4 aromatic carbocycles. The summed E-state index contributed by atoms with van der Waals surface area (Å²) in [7, 11) is 0. The van der Waals surface area contributed by atoms with Gasteiger partial charge in [-0.1, -0.05) is 104 Å². The van der Waals surface area contributed by atoms with Crippen LogP contribution in [0.4, 0.5) is 11.4 Å². The molecule has 4 aromatic rings. The van der Waals surface area contributed by atoms with E-state index in [-0.39, 0.29) is 17.3 Å². The fourth-order valence-electron chi connectivity index (χ4n) is 7.73. The van der Waals surface area contributed by atoms with Crippen molar-refractivity contribution in [2.45, 2.75) is 57.8 Å². The van der Waals surface area contributed by atoms with Crippen LogP contribution in [0.15, 0.2) is 121 Å². The Labute approximate surface area is 298 Å². The van der Waals surface area contributed by atoms with Crippen molar-refractivity contribution >= 4 is 56.6 Å². The van der Waals surface area contributed by atoms with Crippen LogP contribution in [-0.2, 0) is 25.0 Å². The second-order valence-corrected chi connectivity index (χ2v) is 14.6. The molecule has 0 saturated carbocycles. The van der Waals surface area contributed by atoms with E-state index in [9.17, 15) is 9.90 Å². The molecule has 0 aliphatic carbocycles. The van der Waals surface area contributed by atoms with Crippen molar-refractivity contribution in [1.29, 1.82) is 0 Å². The molecule has 7 nitrogen and oxygen atoms in total. The predicted octanol–water partition coefficient (Wildman–Crippen LogP) is 10.0. The number of benzene rings is 4. The predicted molar refractivity (Wildman–Crippen MR) is 205 cm³/mol. The van der Waals surface area contributed by atoms with Gasteiger partial charge >= 0.3 is 5.97 Å². The summed E-state index contributed by atoms with van der Waals surface area (Å²) >= 11 is 1.10. The van der Waals surface area contributed by atoms with E-state index in [1.54, 1.807) is 0 Å². The summed E-state index contributed by atoms with van der Waals surface area (Å²) in [6.07, 6.45) is 16.6. The average Bonchev–Trinajstić information content (AvgIpc) is 3.46. The molecule has 0 bridgehead atoms. The number of anilines is 1. The van der Waals surface area contributed by atoms with Crippen molar-refractivity contribution in [3.8, 4) is 0 Å². The molecule has 0 aromatic heterocycles. The Kier molecular flexibility index (Phi) is 10.7. The van der Waals surface area contributed by atoms with Gasteiger partial charge < -0.3 is 10.0 Å². The zero-order chi connectivity index (χ0) is 35.3. The number of carboxylic acids is 1. The van der Waals surface area contributed by atoms with E-state index in [0.717, 1.165) is 48.6 Å². The first-order valence-corrected chi connectivity index (χ1v) is 18.1. The number of carboxylic acid groups (broad SMARTS) is 1. The smallest absolute Gasteiger partial charge is 0.305 e. The van der Waals surface area contributed by atoms with Crippen LogP contribution < -0.4 is 4.90 Å². The van der Waals surface area contributed by atoms with Crippen molar-refractivity contribution in [2.75, 3.05) is 23.7 Å². The van der Waals surface area contributed by atoms with Gasteiger partial charge in [-0.25, -0.2) is 5.26 Å². The van der Waals surface area contributed by atoms with E-state index in [4.69, 9.17) is 5.26 Å². The van der Waals surface area contributed by atoms with Crippen molar-refractivity contribution < 1.29 is 29.1 Å². The molecule has 258 valence electrons. The first-order chi connectivity index (χ1) is 24.2. The molecule has 2 aliphatic heterocycles. The van der Waals surface area contributed by atoms with Gasteiger partial charge in [-0.2, -0.15) is 4.58 Å². The highest BCUT2D eigenvalue weighted by molar-refractivity contribution is 7.94. The Bertz CT molecular complexity index is 2060. The van der Waals surface area contributed by atoms with Crippen LogP contribution in [0.3, 0.4) is 0 Å². The quantitative estimate of drug-likeness (QED) is 0.0341. The normalized spacial score (nSPS) is 17.4. The fourth-order valence-corrected chi connectivity index (χ4v) is 8.17. The van der Waals surface area contributed by atoms with Crippen LogP contribution in [0.25, 0.3) is 21.5 Å². The second-order valence-electron chi connectivity index (χ2n) is 13.8. The number of aliphatic carboxylic acids is 1. The van der Waals surface area contributed by atoms with Gasteiger partial charge in [0.2, 0.25) is 5.69 Å². The standard InChI is InChI=1S/C42H44N2O5S/c1-41(2)36(43(27-14-15-29-50-49-48-47)34-24-22-30-16-10-12-18-32(30)39(34)41)20-8-6-5-7-9-21-37-42(3,4)40-33-19-13-11-17-31(33)23-25-35(40)44(37)28-26-38(45)46/h5-13,16-25H,14-15,26-29H2,1-4H3,(H-,45,46,47)/p+1. The largest absolute Gasteiger partial charge is 0.481 e. The van der Waals surface area contributed by atoms with Crippen LogP contribution in [0.5, 0.6) is 0 Å². The van der Waals surface area contributed by atoms with Crippen molar-refractivity contribution in [3.63, 3.8) is 0 Å². The highest BCUT2D eigenvalue weighted by Gasteiger charge is 2.45. The topological polar surface area (TPSA) is 82.2 Å². The van der Waals surface area contributed by atoms with Crippen molar-refractivity contribution in [2.24, 2.45) is 0 Å². The maximum atomic E-state index is 11.6. The number of nitrogens with zero attached hydrogens (tertiary/aromatic N) is 2. The highest BCUT2D eigenvalue weighted by Crippen LogP contribution is 2.51. The molecular formula is C42H45N2O5S+. The molecule has 2 aliphatic rings. The lowest BCUT2D eigenvalue weighted by Gasteiger charge is -2.26. The molecule has 0 amide bonds. The molecule has 0 saturated heterocycles. The average molecular weight is 690 g/mol. The summed E-state index contributed by atoms with van der Waals surface area (Å²) in [6, 6.07) is 25.7. The molecule has 0 atom stereocenters. The molecule has 2 N–H and O–H groups in total. The third-order valence-electron chi connectivity index (χ3n) is 9.95. The van der Waals surface area contributed by atoms with Gasteiger partial charge in [-0.15, -0.1) is 4.33 Å². The lowest BCUT2D eigenvalue weighted by molar-refractivity contribution is -0.438. The number of fused-ring (bicyclic) bond motifs is 6. The number of allylic oxidation sites excluding steroid dienone is 8. The molecule has 0 unspecified atom stereocenters. The van der Waals surface area contributed by atoms with Gasteiger partial charge in [-0.05, 0) is 65.6 Å². The molecule has 2 heterocycles. The fraction of sp³-hybridized carbons (Fsp3) is 0.286. The third-order valence-corrected chi connectivity index (χ3v) is 10.6. The minimum atomic E-state index is -0.804. The minimum Gasteiger partial charge on any atom is -0.481 e. The Morgan fingerprint density at radius 2 is 1.48 bits per heavy atom. The second kappa shape index (κ2) is 15.2. The molecule has 6 rings (SSSR count). The summed E-state index contributed by atoms with van der Waals surface area (Å²) < 4.78 is 6.99. The Balaban J connectivity index is 1.24. The first-order valence-electron chi connectivity index (χ1n) is 17.2. The zero-order valence-electron chi connectivity index (χ0n) is 29.1. The summed E-state index contributed by atoms with van der Waals surface area (Å²) in [5, 5.41) is 26.6. The van der Waals surface area contributed by atoms with Crippen LogP contribution in [-0.4, -0.2) is 45.5 Å². The molecule has 0 spiro atoms. The number of rotatable bonds is 14. The molecule has 0 fully saturated rings. The zero-order valence-corrected chi connectivity index (χ0v) is 30.0. The summed E-state index contributed by atoms with van der Waals surface area (Å²) in [5.74, 6) is -0.0859. The molecule has 50 heavy (non-hydrogen) atoms. The first kappa shape index (κ1) is 35.4. The van der Waals surface area contributed by atoms with Gasteiger partial charge in [0.25, 0.3) is 0 Å². The van der Waals surface area contributed by atoms with E-state index in [2.05, 4.69) is 144 Å². The maximum absolute atomic E-state index is 11.6. The number of hydrogen-bond donors (Lipinski definition) is 2.